The lowest BCUT2D eigenvalue weighted by Crippen LogP contribution is -2.47. The molecule has 0 radical (unpaired) electrons. The van der Waals surface area contributed by atoms with Crippen molar-refractivity contribution in [3.8, 4) is 0 Å². The normalized spacial score (nSPS) is 16.2. The number of benzene rings is 4. The van der Waals surface area contributed by atoms with E-state index in [2.05, 4.69) is 10.6 Å². The molecular formula is C43H49F4N3O5Si. The second-order valence-corrected chi connectivity index (χ2v) is 21.5. The molecule has 4 aromatic carbocycles. The zero-order chi connectivity index (χ0) is 41.4. The van der Waals surface area contributed by atoms with E-state index < -0.39 is 61.3 Å². The van der Waals surface area contributed by atoms with Crippen LogP contribution >= 0.6 is 0 Å². The van der Waals surface area contributed by atoms with Gasteiger partial charge in [-0.15, -0.1) is 0 Å². The Morgan fingerprint density at radius 2 is 1.48 bits per heavy atom. The third-order valence-corrected chi connectivity index (χ3v) is 14.8. The minimum atomic E-state index is -4.74. The van der Waals surface area contributed by atoms with Gasteiger partial charge in [0.1, 0.15) is 11.4 Å². The van der Waals surface area contributed by atoms with Crippen LogP contribution < -0.4 is 15.5 Å². The number of ether oxygens (including phenoxy) is 1. The molecule has 3 amide bonds. The Morgan fingerprint density at radius 1 is 0.839 bits per heavy atom. The van der Waals surface area contributed by atoms with Gasteiger partial charge < -0.3 is 14.5 Å². The van der Waals surface area contributed by atoms with Crippen LogP contribution in [0.15, 0.2) is 84.9 Å². The summed E-state index contributed by atoms with van der Waals surface area (Å²) in [7, 11) is -2.39. The fourth-order valence-corrected chi connectivity index (χ4v) is 7.36. The van der Waals surface area contributed by atoms with Gasteiger partial charge in [-0.3, -0.25) is 19.8 Å². The predicted octanol–water partition coefficient (Wildman–Crippen LogP) is 11.2. The Hall–Kier alpha value is -5.01. The number of alkyl halides is 3. The Bertz CT molecular complexity index is 2090. The molecule has 0 spiro atoms. The highest BCUT2D eigenvalue weighted by molar-refractivity contribution is 6.74. The molecule has 0 saturated carbocycles. The number of rotatable bonds is 8. The molecule has 5 rings (SSSR count). The average Bonchev–Trinajstić information content (AvgIpc) is 3.08. The molecule has 0 aromatic heterocycles. The molecule has 298 valence electrons. The summed E-state index contributed by atoms with van der Waals surface area (Å²) in [4.78, 5) is 42.9. The number of halogens is 4. The fraction of sp³-hybridized carbons (Fsp3) is 0.372. The molecule has 1 heterocycles. The number of anilines is 3. The Morgan fingerprint density at radius 3 is 2.09 bits per heavy atom. The van der Waals surface area contributed by atoms with Crippen molar-refractivity contribution in [3.05, 3.63) is 124 Å². The van der Waals surface area contributed by atoms with Crippen LogP contribution in [0.5, 0.6) is 0 Å². The summed E-state index contributed by atoms with van der Waals surface area (Å²) in [6.07, 6.45) is -5.32. The summed E-state index contributed by atoms with van der Waals surface area (Å²) in [6.45, 7) is 16.5. The van der Waals surface area contributed by atoms with Crippen LogP contribution in [0.1, 0.15) is 85.8 Å². The summed E-state index contributed by atoms with van der Waals surface area (Å²) in [5.74, 6) is -3.15. The molecule has 0 bridgehead atoms. The van der Waals surface area contributed by atoms with Crippen molar-refractivity contribution in [3.63, 3.8) is 0 Å². The van der Waals surface area contributed by atoms with Gasteiger partial charge in [-0.25, -0.2) is 9.18 Å². The Labute approximate surface area is 326 Å². The molecule has 1 unspecified atom stereocenters. The molecule has 0 fully saturated rings. The van der Waals surface area contributed by atoms with Gasteiger partial charge in [-0.1, -0.05) is 69.3 Å². The molecule has 1 aliphatic rings. The number of aryl methyl sites for hydroxylation is 1. The number of hydrogen-bond acceptors (Lipinski definition) is 5. The van der Waals surface area contributed by atoms with Crippen molar-refractivity contribution in [1.82, 2.24) is 0 Å². The van der Waals surface area contributed by atoms with Crippen molar-refractivity contribution in [1.29, 1.82) is 0 Å². The summed E-state index contributed by atoms with van der Waals surface area (Å²) < 4.78 is 70.5. The molecule has 56 heavy (non-hydrogen) atoms. The van der Waals surface area contributed by atoms with Crippen LogP contribution in [0, 0.1) is 18.7 Å². The first-order valence-corrected chi connectivity index (χ1v) is 21.3. The van der Waals surface area contributed by atoms with Crippen LogP contribution in [0.2, 0.25) is 18.1 Å². The van der Waals surface area contributed by atoms with Crippen LogP contribution in [-0.2, 0) is 33.2 Å². The highest BCUT2D eigenvalue weighted by atomic mass is 28.4. The number of hydrogen-bond donors (Lipinski definition) is 2. The monoisotopic (exact) mass is 791 g/mol. The number of nitrogens with one attached hydrogen (secondary N) is 2. The van der Waals surface area contributed by atoms with Crippen molar-refractivity contribution >= 4 is 43.3 Å². The van der Waals surface area contributed by atoms with Gasteiger partial charge in [0.05, 0.1) is 29.7 Å². The van der Waals surface area contributed by atoms with E-state index in [0.29, 0.717) is 28.1 Å². The van der Waals surface area contributed by atoms with E-state index in [-0.39, 0.29) is 34.9 Å². The third-order valence-electron chi connectivity index (χ3n) is 10.3. The number of carbonyl (C=O) groups excluding carboxylic acids is 3. The molecule has 2 atom stereocenters. The van der Waals surface area contributed by atoms with Crippen molar-refractivity contribution < 1.29 is 41.1 Å². The van der Waals surface area contributed by atoms with E-state index in [1.807, 2.05) is 33.9 Å². The van der Waals surface area contributed by atoms with E-state index in [1.165, 1.54) is 29.2 Å². The molecule has 4 aromatic rings. The van der Waals surface area contributed by atoms with E-state index in [0.717, 1.165) is 6.07 Å². The standard InChI is InChI=1S/C43H49F4N3O5Si/c1-26-13-12-15-34(44)36(26)39(52)50-35-16-11-10-14-28(35)23-32(37(50)27-17-20-30(21-18-27)49-40(53)55-41(2,3)4)38(51)48-31-22-19-29(33(24-31)43(45,46)47)25-54-56(8,9)42(5,6)7/h10-22,24,32,37H,23,25H2,1-9H3,(H,48,51)(H,49,53)/t32-,37?/m0/s1. The molecule has 0 aliphatic carbocycles. The summed E-state index contributed by atoms with van der Waals surface area (Å²) in [6, 6.07) is 20.3. The fourth-order valence-electron chi connectivity index (χ4n) is 6.41. The van der Waals surface area contributed by atoms with Crippen molar-refractivity contribution in [2.24, 2.45) is 5.92 Å². The minimum absolute atomic E-state index is 0.0538. The number of carbonyl (C=O) groups is 3. The van der Waals surface area contributed by atoms with E-state index in [9.17, 15) is 27.6 Å². The van der Waals surface area contributed by atoms with Gasteiger partial charge >= 0.3 is 12.3 Å². The lowest BCUT2D eigenvalue weighted by molar-refractivity contribution is -0.138. The highest BCUT2D eigenvalue weighted by Gasteiger charge is 2.44. The van der Waals surface area contributed by atoms with E-state index >= 15 is 4.39 Å². The van der Waals surface area contributed by atoms with Gasteiger partial charge in [0.25, 0.3) is 5.91 Å². The average molecular weight is 792 g/mol. The number of nitrogens with zero attached hydrogens (tertiary/aromatic N) is 1. The van der Waals surface area contributed by atoms with Crippen LogP contribution in [-0.4, -0.2) is 31.8 Å². The number of fused-ring (bicyclic) bond motifs is 1. The Balaban J connectivity index is 1.56. The van der Waals surface area contributed by atoms with Crippen molar-refractivity contribution in [2.45, 2.75) is 97.4 Å². The zero-order valence-electron chi connectivity index (χ0n) is 33.2. The molecule has 0 saturated heterocycles. The van der Waals surface area contributed by atoms with Crippen LogP contribution in [0.4, 0.5) is 39.4 Å². The molecule has 8 nitrogen and oxygen atoms in total. The first-order valence-electron chi connectivity index (χ1n) is 18.4. The molecule has 13 heteroatoms. The quantitative estimate of drug-likeness (QED) is 0.137. The van der Waals surface area contributed by atoms with Crippen LogP contribution in [0.3, 0.4) is 0 Å². The first-order chi connectivity index (χ1) is 26.0. The number of amides is 3. The molecular weight excluding hydrogens is 743 g/mol. The SMILES string of the molecule is Cc1cccc(F)c1C(=O)N1c2ccccc2C[C@H](C(=O)Nc2ccc(CO[Si](C)(C)C(C)(C)C)c(C(F)(F)F)c2)C1c1ccc(NC(=O)OC(C)(C)C)cc1. The van der Waals surface area contributed by atoms with Gasteiger partial charge in [-0.05, 0) is 111 Å². The van der Waals surface area contributed by atoms with Crippen molar-refractivity contribution in [2.75, 3.05) is 15.5 Å². The summed E-state index contributed by atoms with van der Waals surface area (Å²) >= 11 is 0. The highest BCUT2D eigenvalue weighted by Crippen LogP contribution is 2.45. The number of para-hydroxylation sites is 1. The van der Waals surface area contributed by atoms with Gasteiger partial charge in [0.15, 0.2) is 8.32 Å². The lowest BCUT2D eigenvalue weighted by Gasteiger charge is -2.42. The lowest BCUT2D eigenvalue weighted by atomic mass is 9.80. The largest absolute Gasteiger partial charge is 0.444 e. The topological polar surface area (TPSA) is 97.0 Å². The summed E-state index contributed by atoms with van der Waals surface area (Å²) in [5, 5.41) is 5.15. The van der Waals surface area contributed by atoms with Gasteiger partial charge in [-0.2, -0.15) is 13.2 Å². The zero-order valence-corrected chi connectivity index (χ0v) is 34.2. The maximum absolute atomic E-state index is 15.5. The van der Waals surface area contributed by atoms with E-state index in [1.54, 1.807) is 82.3 Å². The minimum Gasteiger partial charge on any atom is -0.444 e. The maximum Gasteiger partial charge on any atom is 0.416 e. The Kier molecular flexibility index (Phi) is 11.9. The third kappa shape index (κ3) is 9.50. The second-order valence-electron chi connectivity index (χ2n) is 16.6. The van der Waals surface area contributed by atoms with Crippen LogP contribution in [0.25, 0.3) is 0 Å². The summed E-state index contributed by atoms with van der Waals surface area (Å²) in [5.41, 5.74) is 0.294. The smallest absolute Gasteiger partial charge is 0.416 e. The first kappa shape index (κ1) is 42.1. The predicted molar refractivity (Wildman–Crippen MR) is 213 cm³/mol. The van der Waals surface area contributed by atoms with Gasteiger partial charge in [0.2, 0.25) is 5.91 Å². The molecule has 1 aliphatic heterocycles. The van der Waals surface area contributed by atoms with Gasteiger partial charge in [0, 0.05) is 17.1 Å². The maximum atomic E-state index is 15.5. The van der Waals surface area contributed by atoms with E-state index in [4.69, 9.17) is 9.16 Å². The molecule has 2 N–H and O–H groups in total. The second kappa shape index (κ2) is 15.9.